The summed E-state index contributed by atoms with van der Waals surface area (Å²) in [6.45, 7) is 1.34. The normalized spacial score (nSPS) is 13.4. The molecule has 13 nitrogen and oxygen atoms in total. The van der Waals surface area contributed by atoms with Gasteiger partial charge in [0.25, 0.3) is 0 Å². The molecule has 0 fully saturated rings. The zero-order valence-corrected chi connectivity index (χ0v) is 24.4. The maximum absolute atomic E-state index is 12.3. The summed E-state index contributed by atoms with van der Waals surface area (Å²) in [6, 6.07) is 5.93. The molecule has 2 rings (SSSR count). The number of nitrogens with zero attached hydrogens (tertiary/aromatic N) is 2. The summed E-state index contributed by atoms with van der Waals surface area (Å²) in [5.74, 6) is -2.03. The van der Waals surface area contributed by atoms with Crippen LogP contribution in [0, 0.1) is 0 Å². The summed E-state index contributed by atoms with van der Waals surface area (Å²) in [5, 5.41) is 50.3. The molecular weight excluding hydrogens is 566 g/mol. The van der Waals surface area contributed by atoms with E-state index in [2.05, 4.69) is 0 Å². The largest absolute Gasteiger partial charge is 0.508 e. The van der Waals surface area contributed by atoms with Gasteiger partial charge in [-0.3, -0.25) is 18.9 Å². The molecule has 2 aromatic rings. The Morgan fingerprint density at radius 1 is 0.775 bits per heavy atom. The number of rotatable bonds is 16. The lowest BCUT2D eigenvalue weighted by molar-refractivity contribution is 0.124. The summed E-state index contributed by atoms with van der Waals surface area (Å²) < 4.78 is 24.3. The van der Waals surface area contributed by atoms with Crippen LogP contribution >= 0.6 is 15.2 Å². The molecule has 9 N–H and O–H groups in total. The molecule has 0 aliphatic rings. The number of aromatic hydroxyl groups is 2. The van der Waals surface area contributed by atoms with E-state index in [4.69, 9.17) is 0 Å². The van der Waals surface area contributed by atoms with Gasteiger partial charge in [-0.05, 0) is 47.2 Å². The molecule has 0 amide bonds. The van der Waals surface area contributed by atoms with Crippen molar-refractivity contribution in [3.63, 3.8) is 0 Å². The Balaban J connectivity index is 2.49. The first kappa shape index (κ1) is 34.3. The maximum atomic E-state index is 12.3. The third-order valence-electron chi connectivity index (χ3n) is 6.77. The fraction of sp³-hybridized carbons (Fsp3) is 0.520. The van der Waals surface area contributed by atoms with Gasteiger partial charge in [-0.25, -0.2) is 0 Å². The van der Waals surface area contributed by atoms with Gasteiger partial charge in [0, 0.05) is 37.3 Å². The summed E-state index contributed by atoms with van der Waals surface area (Å²) in [7, 11) is -9.53. The molecule has 0 saturated heterocycles. The SMILES string of the molecule is CCc1cc(CO)cc(O)c1CN(CCN(Cc1c(O)ccc(CO)c1CC)C(CO)P(=O)(O)O)CP(=O)(O)O. The number of hydrogen-bond acceptors (Lipinski definition) is 9. The van der Waals surface area contributed by atoms with Crippen molar-refractivity contribution < 1.29 is 54.2 Å². The van der Waals surface area contributed by atoms with E-state index in [1.807, 2.05) is 6.92 Å². The van der Waals surface area contributed by atoms with E-state index in [1.165, 1.54) is 28.0 Å². The molecular formula is C25H40N2O11P2. The molecule has 1 atom stereocenters. The Morgan fingerprint density at radius 2 is 1.45 bits per heavy atom. The first-order chi connectivity index (χ1) is 18.7. The smallest absolute Gasteiger partial charge is 0.344 e. The molecule has 1 unspecified atom stereocenters. The highest BCUT2D eigenvalue weighted by Crippen LogP contribution is 2.44. The number of hydrogen-bond donors (Lipinski definition) is 9. The predicted molar refractivity (Wildman–Crippen MR) is 147 cm³/mol. The zero-order valence-electron chi connectivity index (χ0n) is 22.6. The minimum Gasteiger partial charge on any atom is -0.508 e. The quantitative estimate of drug-likeness (QED) is 0.122. The second kappa shape index (κ2) is 14.9. The Hall–Kier alpha value is -1.86. The van der Waals surface area contributed by atoms with Gasteiger partial charge in [-0.1, -0.05) is 26.0 Å². The van der Waals surface area contributed by atoms with E-state index in [0.29, 0.717) is 46.2 Å². The molecule has 0 aromatic heterocycles. The number of aliphatic hydroxyl groups is 3. The van der Waals surface area contributed by atoms with E-state index in [9.17, 15) is 54.2 Å². The third-order valence-corrected chi connectivity index (χ3v) is 8.81. The lowest BCUT2D eigenvalue weighted by Gasteiger charge is -2.34. The molecule has 0 aliphatic carbocycles. The lowest BCUT2D eigenvalue weighted by atomic mass is 9.97. The summed E-state index contributed by atoms with van der Waals surface area (Å²) in [6.07, 6.45) is 0.119. The van der Waals surface area contributed by atoms with Crippen LogP contribution in [0.3, 0.4) is 0 Å². The van der Waals surface area contributed by atoms with Crippen molar-refractivity contribution in [3.8, 4) is 11.5 Å². The van der Waals surface area contributed by atoms with Gasteiger partial charge in [0.2, 0.25) is 0 Å². The topological polar surface area (TPSA) is 223 Å². The van der Waals surface area contributed by atoms with Gasteiger partial charge in [0.05, 0.1) is 19.8 Å². The summed E-state index contributed by atoms with van der Waals surface area (Å²) in [4.78, 5) is 42.0. The number of phenols is 2. The molecule has 0 heterocycles. The number of aryl methyl sites for hydroxylation is 1. The van der Waals surface area contributed by atoms with Crippen molar-refractivity contribution in [1.29, 1.82) is 0 Å². The van der Waals surface area contributed by atoms with Crippen LogP contribution in [-0.4, -0.2) is 86.7 Å². The Morgan fingerprint density at radius 3 is 1.95 bits per heavy atom. The molecule has 0 saturated carbocycles. The van der Waals surface area contributed by atoms with Crippen LogP contribution in [0.15, 0.2) is 24.3 Å². The van der Waals surface area contributed by atoms with Crippen molar-refractivity contribution in [2.24, 2.45) is 0 Å². The highest BCUT2D eigenvalue weighted by atomic mass is 31.2. The highest BCUT2D eigenvalue weighted by molar-refractivity contribution is 7.52. The van der Waals surface area contributed by atoms with Gasteiger partial charge in [0.15, 0.2) is 0 Å². The van der Waals surface area contributed by atoms with Crippen LogP contribution in [0.4, 0.5) is 0 Å². The Bertz CT molecular complexity index is 1230. The van der Waals surface area contributed by atoms with Crippen LogP contribution in [0.25, 0.3) is 0 Å². The molecule has 0 radical (unpaired) electrons. The van der Waals surface area contributed by atoms with Crippen LogP contribution in [-0.2, 0) is 48.3 Å². The van der Waals surface area contributed by atoms with E-state index in [0.717, 1.165) is 0 Å². The minimum atomic E-state index is -4.91. The van der Waals surface area contributed by atoms with E-state index in [-0.39, 0.29) is 50.9 Å². The second-order valence-electron chi connectivity index (χ2n) is 9.56. The Labute approximate surface area is 233 Å². The molecule has 0 bridgehead atoms. The fourth-order valence-corrected chi connectivity index (χ4v) is 6.39. The molecule has 2 aromatic carbocycles. The fourth-order valence-electron chi connectivity index (χ4n) is 4.79. The average Bonchev–Trinajstić information content (AvgIpc) is 2.87. The first-order valence-corrected chi connectivity index (χ1v) is 16.2. The predicted octanol–water partition coefficient (Wildman–Crippen LogP) is 1.14. The van der Waals surface area contributed by atoms with Gasteiger partial charge >= 0.3 is 15.2 Å². The summed E-state index contributed by atoms with van der Waals surface area (Å²) in [5.41, 5.74) is 2.89. The highest BCUT2D eigenvalue weighted by Gasteiger charge is 2.35. The molecule has 15 heteroatoms. The van der Waals surface area contributed by atoms with Crippen LogP contribution in [0.1, 0.15) is 47.2 Å². The van der Waals surface area contributed by atoms with Crippen molar-refractivity contribution in [3.05, 3.63) is 57.6 Å². The molecule has 0 spiro atoms. The zero-order chi connectivity index (χ0) is 30.3. The second-order valence-corrected chi connectivity index (χ2v) is 12.9. The maximum Gasteiger partial charge on any atom is 0.344 e. The van der Waals surface area contributed by atoms with E-state index >= 15 is 0 Å². The number of aliphatic hydroxyl groups excluding tert-OH is 3. The van der Waals surface area contributed by atoms with Crippen molar-refractivity contribution in [2.75, 3.05) is 26.0 Å². The van der Waals surface area contributed by atoms with E-state index < -0.39 is 33.9 Å². The molecule has 40 heavy (non-hydrogen) atoms. The van der Waals surface area contributed by atoms with Crippen molar-refractivity contribution in [1.82, 2.24) is 9.80 Å². The van der Waals surface area contributed by atoms with Gasteiger partial charge < -0.3 is 45.1 Å². The van der Waals surface area contributed by atoms with Crippen molar-refractivity contribution >= 4 is 15.2 Å². The van der Waals surface area contributed by atoms with Crippen LogP contribution in [0.2, 0.25) is 0 Å². The lowest BCUT2D eigenvalue weighted by Crippen LogP contribution is -2.42. The summed E-state index contributed by atoms with van der Waals surface area (Å²) >= 11 is 0. The average molecular weight is 607 g/mol. The number of phenolic OH excluding ortho intramolecular Hbond substituents is 2. The van der Waals surface area contributed by atoms with Gasteiger partial charge in [-0.2, -0.15) is 0 Å². The monoisotopic (exact) mass is 606 g/mol. The van der Waals surface area contributed by atoms with E-state index in [1.54, 1.807) is 13.0 Å². The molecule has 226 valence electrons. The van der Waals surface area contributed by atoms with Crippen molar-refractivity contribution in [2.45, 2.75) is 58.8 Å². The molecule has 0 aliphatic heterocycles. The minimum absolute atomic E-state index is 0.120. The third kappa shape index (κ3) is 9.34. The van der Waals surface area contributed by atoms with Crippen LogP contribution in [0.5, 0.6) is 11.5 Å². The first-order valence-electron chi connectivity index (χ1n) is 12.7. The van der Waals surface area contributed by atoms with Gasteiger partial charge in [-0.15, -0.1) is 0 Å². The number of benzene rings is 2. The Kier molecular flexibility index (Phi) is 12.8. The van der Waals surface area contributed by atoms with Gasteiger partial charge in [0.1, 0.15) is 23.6 Å². The van der Waals surface area contributed by atoms with Crippen LogP contribution < -0.4 is 0 Å². The standard InChI is InChI=1S/C25H40N2O11P2/c1-3-18-9-17(13-28)10-24(32)21(18)11-26(16-39(33,34)35)7-8-27(25(15-30)40(36,37)38)12-22-20(4-2)19(14-29)5-6-23(22)31/h5-6,9-10,25,28-32H,3-4,7-8,11-16H2,1-2H3,(H2,33,34,35)(H2,36,37,38).